The number of carboxylic acids is 1. The van der Waals surface area contributed by atoms with Crippen LogP contribution in [0.3, 0.4) is 0 Å². The van der Waals surface area contributed by atoms with E-state index in [1.54, 1.807) is 0 Å². The van der Waals surface area contributed by atoms with E-state index in [0.717, 1.165) is 13.0 Å². The van der Waals surface area contributed by atoms with Gasteiger partial charge in [-0.2, -0.15) is 0 Å². The summed E-state index contributed by atoms with van der Waals surface area (Å²) in [6.45, 7) is 0.726. The summed E-state index contributed by atoms with van der Waals surface area (Å²) in [6, 6.07) is 0. The molecule has 0 heterocycles. The first kappa shape index (κ1) is 8.97. The highest BCUT2D eigenvalue weighted by Gasteiger charge is 1.90. The van der Waals surface area contributed by atoms with Crippen molar-refractivity contribution in [2.45, 2.75) is 12.8 Å². The molecule has 0 saturated heterocycles. The second-order valence-electron chi connectivity index (χ2n) is 1.87. The van der Waals surface area contributed by atoms with Gasteiger partial charge < -0.3 is 15.9 Å². The van der Waals surface area contributed by atoms with E-state index in [0.29, 0.717) is 6.42 Å². The highest BCUT2D eigenvalue weighted by Crippen LogP contribution is 1.90. The number of carboxylic acid groups (broad SMARTS) is 1. The molecule has 4 heteroatoms. The van der Waals surface area contributed by atoms with E-state index in [2.05, 4.69) is 5.73 Å². The zero-order chi connectivity index (χ0) is 7.98. The monoisotopic (exact) mass is 145 g/mol. The summed E-state index contributed by atoms with van der Waals surface area (Å²) in [6.07, 6.45) is 2.45. The van der Waals surface area contributed by atoms with E-state index in [1.165, 1.54) is 6.08 Å². The zero-order valence-electron chi connectivity index (χ0n) is 5.67. The minimum absolute atomic E-state index is 0.509. The molecule has 0 atom stereocenters. The van der Waals surface area contributed by atoms with Crippen LogP contribution in [0.25, 0.3) is 0 Å². The normalized spacial score (nSPS) is 11.5. The van der Waals surface area contributed by atoms with Crippen LogP contribution in [0, 0.1) is 0 Å². The van der Waals surface area contributed by atoms with Crippen LogP contribution in [-0.2, 0) is 4.79 Å². The minimum Gasteiger partial charge on any atom is -0.868 e. The maximum Gasteiger partial charge on any atom is 0.320 e. The summed E-state index contributed by atoms with van der Waals surface area (Å²) in [5.74, 6) is -2.21. The van der Waals surface area contributed by atoms with Crippen molar-refractivity contribution in [1.29, 1.82) is 0 Å². The van der Waals surface area contributed by atoms with Crippen molar-refractivity contribution < 1.29 is 20.7 Å². The van der Waals surface area contributed by atoms with Crippen molar-refractivity contribution in [3.63, 3.8) is 0 Å². The van der Waals surface area contributed by atoms with Crippen LogP contribution in [0.15, 0.2) is 11.8 Å². The Bertz CT molecular complexity index is 142. The number of quaternary nitrogens is 1. The summed E-state index contributed by atoms with van der Waals surface area (Å²) in [4.78, 5) is 9.90. The summed E-state index contributed by atoms with van der Waals surface area (Å²) in [5.41, 5.74) is 3.55. The van der Waals surface area contributed by atoms with Gasteiger partial charge in [-0.25, -0.2) is 4.79 Å². The maximum absolute atomic E-state index is 10.3. The van der Waals surface area contributed by atoms with Crippen molar-refractivity contribution in [2.24, 2.45) is 0 Å². The molecule has 0 amide bonds. The molecule has 0 aromatic carbocycles. The van der Waals surface area contributed by atoms with Gasteiger partial charge in [0, 0.05) is 0 Å². The van der Waals surface area contributed by atoms with Gasteiger partial charge in [-0.3, -0.25) is 0 Å². The van der Waals surface area contributed by atoms with E-state index in [1.807, 2.05) is 0 Å². The fourth-order valence-corrected chi connectivity index (χ4v) is 0.465. The van der Waals surface area contributed by atoms with Gasteiger partial charge in [0.25, 0.3) is 0 Å². The first-order valence-corrected chi connectivity index (χ1v) is 3.08. The standard InChI is InChI=1S/C6H11NO3/c7-4-2-1-3-5(8)6(9)10/h3,8H,1-2,4,7H2,(H,9,10)/b5-3-. The first-order chi connectivity index (χ1) is 4.68. The lowest BCUT2D eigenvalue weighted by molar-refractivity contribution is -0.368. The predicted molar refractivity (Wildman–Crippen MR) is 32.7 cm³/mol. The van der Waals surface area contributed by atoms with E-state index >= 15 is 0 Å². The summed E-state index contributed by atoms with van der Waals surface area (Å²) in [5, 5.41) is 18.4. The van der Waals surface area contributed by atoms with Crippen LogP contribution in [-0.4, -0.2) is 17.6 Å². The molecule has 0 saturated carbocycles. The lowest BCUT2D eigenvalue weighted by Gasteiger charge is -2.03. The van der Waals surface area contributed by atoms with Crippen molar-refractivity contribution in [3.05, 3.63) is 11.8 Å². The molecule has 0 aliphatic carbocycles. The van der Waals surface area contributed by atoms with Crippen molar-refractivity contribution in [3.8, 4) is 0 Å². The molecule has 10 heavy (non-hydrogen) atoms. The maximum atomic E-state index is 10.3. The quantitative estimate of drug-likeness (QED) is 0.282. The first-order valence-electron chi connectivity index (χ1n) is 3.08. The molecule has 0 aromatic rings. The molecule has 0 unspecified atom stereocenters. The van der Waals surface area contributed by atoms with Crippen LogP contribution in [0.5, 0.6) is 0 Å². The molecule has 0 spiro atoms. The molecule has 4 N–H and O–H groups in total. The number of carbonyl (C=O) groups is 1. The Labute approximate surface area is 59.0 Å². The Morgan fingerprint density at radius 3 is 2.70 bits per heavy atom. The zero-order valence-corrected chi connectivity index (χ0v) is 5.67. The molecule has 0 aromatic heterocycles. The average molecular weight is 145 g/mol. The topological polar surface area (TPSA) is 88.0 Å². The van der Waals surface area contributed by atoms with E-state index in [-0.39, 0.29) is 0 Å². The third-order valence-electron chi connectivity index (χ3n) is 0.995. The van der Waals surface area contributed by atoms with Gasteiger partial charge in [0.1, 0.15) is 0 Å². The molecule has 0 bridgehead atoms. The van der Waals surface area contributed by atoms with E-state index < -0.39 is 11.7 Å². The molecule has 4 nitrogen and oxygen atoms in total. The smallest absolute Gasteiger partial charge is 0.320 e. The third-order valence-corrected chi connectivity index (χ3v) is 0.995. The van der Waals surface area contributed by atoms with Gasteiger partial charge in [-0.1, -0.05) is 6.08 Å². The van der Waals surface area contributed by atoms with Crippen LogP contribution in [0.2, 0.25) is 0 Å². The van der Waals surface area contributed by atoms with Crippen LogP contribution >= 0.6 is 0 Å². The van der Waals surface area contributed by atoms with Crippen LogP contribution < -0.4 is 10.8 Å². The second kappa shape index (κ2) is 4.81. The van der Waals surface area contributed by atoms with Crippen molar-refractivity contribution >= 4 is 5.97 Å². The summed E-state index contributed by atoms with van der Waals surface area (Å²) in [7, 11) is 0. The summed E-state index contributed by atoms with van der Waals surface area (Å²) >= 11 is 0. The lowest BCUT2D eigenvalue weighted by Crippen LogP contribution is -2.49. The lowest BCUT2D eigenvalue weighted by atomic mass is 10.3. The molecular formula is C6H11NO3. The minimum atomic E-state index is -1.39. The van der Waals surface area contributed by atoms with Crippen LogP contribution in [0.4, 0.5) is 0 Å². The molecule has 58 valence electrons. The number of aliphatic carboxylic acids is 1. The van der Waals surface area contributed by atoms with Gasteiger partial charge in [-0.05, 0) is 18.6 Å². The van der Waals surface area contributed by atoms with Gasteiger partial charge in [0.15, 0.2) is 0 Å². The molecular weight excluding hydrogens is 134 g/mol. The highest BCUT2D eigenvalue weighted by atomic mass is 16.4. The number of unbranched alkanes of at least 4 members (excludes halogenated alkanes) is 1. The molecule has 0 rings (SSSR count). The molecule has 0 fully saturated rings. The molecule has 0 radical (unpaired) electrons. The van der Waals surface area contributed by atoms with Gasteiger partial charge in [0.05, 0.1) is 6.54 Å². The van der Waals surface area contributed by atoms with Gasteiger partial charge in [0.2, 0.25) is 0 Å². The second-order valence-corrected chi connectivity index (χ2v) is 1.87. The average Bonchev–Trinajstić information content (AvgIpc) is 1.88. The fraction of sp³-hybridized carbons (Fsp3) is 0.500. The number of rotatable bonds is 4. The number of allylic oxidation sites excluding steroid dienone is 1. The Hall–Kier alpha value is -1.03. The van der Waals surface area contributed by atoms with Crippen molar-refractivity contribution in [1.82, 2.24) is 0 Å². The van der Waals surface area contributed by atoms with Crippen molar-refractivity contribution in [2.75, 3.05) is 6.54 Å². The molecule has 0 aliphatic rings. The van der Waals surface area contributed by atoms with Gasteiger partial charge in [-0.15, -0.1) is 0 Å². The fourth-order valence-electron chi connectivity index (χ4n) is 0.465. The molecule has 0 aliphatic heterocycles. The Balaban J connectivity index is 3.58. The number of hydrogen-bond acceptors (Lipinski definition) is 2. The summed E-state index contributed by atoms with van der Waals surface area (Å²) < 4.78 is 0. The van der Waals surface area contributed by atoms with Crippen LogP contribution in [0.1, 0.15) is 12.8 Å². The largest absolute Gasteiger partial charge is 0.868 e. The van der Waals surface area contributed by atoms with E-state index in [9.17, 15) is 9.90 Å². The highest BCUT2D eigenvalue weighted by molar-refractivity contribution is 5.82. The van der Waals surface area contributed by atoms with E-state index in [4.69, 9.17) is 5.11 Å². The number of hydrogen-bond donors (Lipinski definition) is 2. The third kappa shape index (κ3) is 3.91. The Kier molecular flexibility index (Phi) is 4.32. The van der Waals surface area contributed by atoms with Gasteiger partial charge >= 0.3 is 5.97 Å². The Morgan fingerprint density at radius 2 is 2.30 bits per heavy atom. The predicted octanol–water partition coefficient (Wildman–Crippen LogP) is -1.66. The Morgan fingerprint density at radius 1 is 1.70 bits per heavy atom. The SMILES string of the molecule is [NH3+]CCC/C=C(\[O-])C(=O)O.